The molecule has 0 amide bonds. The van der Waals surface area contributed by atoms with Crippen LogP contribution < -0.4 is 0 Å². The minimum atomic E-state index is -8.00. The Morgan fingerprint density at radius 1 is 0.692 bits per heavy atom. The van der Waals surface area contributed by atoms with Crippen molar-refractivity contribution in [3.63, 3.8) is 0 Å². The first kappa shape index (κ1) is 24.9. The van der Waals surface area contributed by atoms with Gasteiger partial charge in [0.2, 0.25) is 0 Å². The molecule has 0 aliphatic carbocycles. The van der Waals surface area contributed by atoms with Gasteiger partial charge in [0.1, 0.15) is 0 Å². The van der Waals surface area contributed by atoms with Gasteiger partial charge in [-0.3, -0.25) is 4.55 Å². The van der Waals surface area contributed by atoms with Crippen LogP contribution in [0.4, 0.5) is 61.5 Å². The van der Waals surface area contributed by atoms with Gasteiger partial charge in [-0.2, -0.15) is 61.1 Å². The molecule has 0 heterocycles. The van der Waals surface area contributed by atoms with E-state index in [4.69, 9.17) is 4.55 Å². The summed E-state index contributed by atoms with van der Waals surface area (Å²) in [7, 11) is -7.40. The molecule has 0 unspecified atom stereocenters. The summed E-state index contributed by atoms with van der Waals surface area (Å²) in [6.45, 7) is 0. The number of rotatable bonds is 8. The highest BCUT2D eigenvalue weighted by atomic mass is 32.2. The van der Waals surface area contributed by atoms with Gasteiger partial charge in [-0.15, -0.1) is 0 Å². The second kappa shape index (κ2) is 6.21. The van der Waals surface area contributed by atoms with Crippen LogP contribution in [0.25, 0.3) is 0 Å². The van der Waals surface area contributed by atoms with E-state index in [2.05, 4.69) is 0 Å². The molecule has 19 heteroatoms. The molecule has 158 valence electrons. The minimum Gasteiger partial charge on any atom is -0.281 e. The fraction of sp³-hybridized carbons (Fsp3) is 1.00. The predicted molar refractivity (Wildman–Crippen MR) is 48.3 cm³/mol. The molecule has 0 aliphatic rings. The van der Waals surface area contributed by atoms with Crippen molar-refractivity contribution >= 4 is 10.1 Å². The molecular formula is C7H2F14O4S. The van der Waals surface area contributed by atoms with Crippen molar-refractivity contribution in [1.82, 2.24) is 0 Å². The molecule has 0 saturated heterocycles. The lowest BCUT2D eigenvalue weighted by Crippen LogP contribution is -2.67. The Balaban J connectivity index is 6.18. The number of hydrogen-bond acceptors (Lipinski definition) is 3. The maximum Gasteiger partial charge on any atom is 0.460 e. The van der Waals surface area contributed by atoms with Gasteiger partial charge in [0.25, 0.3) is 0 Å². The van der Waals surface area contributed by atoms with Crippen LogP contribution >= 0.6 is 0 Å². The Morgan fingerprint density at radius 3 is 1.31 bits per heavy atom. The van der Waals surface area contributed by atoms with Gasteiger partial charge in [0.15, 0.2) is 0 Å². The van der Waals surface area contributed by atoms with E-state index in [1.807, 2.05) is 0 Å². The first-order valence-corrected chi connectivity index (χ1v) is 6.56. The molecule has 4 nitrogen and oxygen atoms in total. The van der Waals surface area contributed by atoms with Gasteiger partial charge in [0, 0.05) is 0 Å². The van der Waals surface area contributed by atoms with Crippen molar-refractivity contribution in [3.05, 3.63) is 0 Å². The van der Waals surface area contributed by atoms with Crippen LogP contribution in [0.5, 0.6) is 0 Å². The Morgan fingerprint density at radius 2 is 1.04 bits per heavy atom. The number of ether oxygens (including phenoxy) is 1. The Kier molecular flexibility index (Phi) is 5.95. The zero-order valence-corrected chi connectivity index (χ0v) is 11.8. The molecule has 0 aromatic heterocycles. The average Bonchev–Trinajstić information content (AvgIpc) is 2.34. The monoisotopic (exact) mass is 448 g/mol. The molecule has 0 bridgehead atoms. The molecule has 0 rings (SSSR count). The van der Waals surface area contributed by atoms with Crippen molar-refractivity contribution in [3.8, 4) is 0 Å². The molecule has 0 aromatic carbocycles. The van der Waals surface area contributed by atoms with Crippen molar-refractivity contribution in [2.75, 3.05) is 0 Å². The zero-order valence-electron chi connectivity index (χ0n) is 10.9. The topological polar surface area (TPSA) is 63.6 Å². The van der Waals surface area contributed by atoms with Crippen LogP contribution in [0.1, 0.15) is 0 Å². The van der Waals surface area contributed by atoms with Gasteiger partial charge < -0.3 is 0 Å². The maximum atomic E-state index is 12.8. The van der Waals surface area contributed by atoms with E-state index >= 15 is 0 Å². The SMILES string of the molecule is O=S(=O)(O)C(F)(F)C(F)(F)OC(F)(F)C(F)(F)C(F)(F)C(F)(F)C(F)F. The lowest BCUT2D eigenvalue weighted by Gasteiger charge is -2.37. The molecule has 0 saturated carbocycles. The first-order valence-electron chi connectivity index (χ1n) is 5.12. The summed E-state index contributed by atoms with van der Waals surface area (Å²) in [6.07, 6.45) is -20.9. The summed E-state index contributed by atoms with van der Waals surface area (Å²) in [5, 5.41) is -7.17. The highest BCUT2D eigenvalue weighted by molar-refractivity contribution is 7.86. The largest absolute Gasteiger partial charge is 0.460 e. The fourth-order valence-electron chi connectivity index (χ4n) is 0.964. The maximum absolute atomic E-state index is 12.8. The second-order valence-corrected chi connectivity index (χ2v) is 5.66. The molecule has 0 spiro atoms. The van der Waals surface area contributed by atoms with E-state index < -0.39 is 51.8 Å². The van der Waals surface area contributed by atoms with Gasteiger partial charge in [-0.25, -0.2) is 13.5 Å². The Hall–Kier alpha value is -1.11. The van der Waals surface area contributed by atoms with Gasteiger partial charge in [-0.05, 0) is 0 Å². The van der Waals surface area contributed by atoms with E-state index in [0.29, 0.717) is 0 Å². The second-order valence-electron chi connectivity index (χ2n) is 4.20. The molecule has 0 aliphatic heterocycles. The highest BCUT2D eigenvalue weighted by Crippen LogP contribution is 2.56. The van der Waals surface area contributed by atoms with Crippen LogP contribution in [0, 0.1) is 0 Å². The van der Waals surface area contributed by atoms with Crippen molar-refractivity contribution in [2.24, 2.45) is 0 Å². The van der Waals surface area contributed by atoms with Crippen LogP contribution in [0.3, 0.4) is 0 Å². The van der Waals surface area contributed by atoms with Crippen molar-refractivity contribution < 1.29 is 79.2 Å². The number of alkyl halides is 14. The summed E-state index contributed by atoms with van der Waals surface area (Å²) in [5.41, 5.74) is 0. The van der Waals surface area contributed by atoms with Crippen LogP contribution in [-0.2, 0) is 14.9 Å². The summed E-state index contributed by atoms with van der Waals surface area (Å²) < 4.78 is 204. The standard InChI is InChI=1S/C7H2F14O4S/c8-1(9)2(10,11)3(12,13)4(14,15)5(16,17)25-6(18,19)7(20,21)26(22,23)24/h1H,(H,22,23,24). The summed E-state index contributed by atoms with van der Waals surface area (Å²) >= 11 is 0. The van der Waals surface area contributed by atoms with E-state index in [0.717, 1.165) is 0 Å². The van der Waals surface area contributed by atoms with Crippen LogP contribution in [0.2, 0.25) is 0 Å². The Bertz CT molecular complexity index is 625. The smallest absolute Gasteiger partial charge is 0.281 e. The molecule has 0 atom stereocenters. The lowest BCUT2D eigenvalue weighted by molar-refractivity contribution is -0.491. The van der Waals surface area contributed by atoms with E-state index in [1.54, 1.807) is 0 Å². The molecule has 1 N–H and O–H groups in total. The van der Waals surface area contributed by atoms with Crippen molar-refractivity contribution in [2.45, 2.75) is 41.7 Å². The van der Waals surface area contributed by atoms with E-state index in [1.165, 1.54) is 4.74 Å². The normalized spacial score (nSPS) is 16.3. The highest BCUT2D eigenvalue weighted by Gasteiger charge is 2.86. The van der Waals surface area contributed by atoms with Gasteiger partial charge >= 0.3 is 51.8 Å². The summed E-state index contributed by atoms with van der Waals surface area (Å²) in [6, 6.07) is 0. The molecular weight excluding hydrogens is 446 g/mol. The Labute approximate surface area is 132 Å². The predicted octanol–water partition coefficient (Wildman–Crippen LogP) is 3.84. The van der Waals surface area contributed by atoms with Gasteiger partial charge in [0.05, 0.1) is 0 Å². The summed E-state index contributed by atoms with van der Waals surface area (Å²) in [5.74, 6) is -23.2. The fourth-order valence-corrected chi connectivity index (χ4v) is 1.31. The molecule has 0 radical (unpaired) electrons. The van der Waals surface area contributed by atoms with Crippen LogP contribution in [-0.4, -0.2) is 54.6 Å². The van der Waals surface area contributed by atoms with E-state index in [-0.39, 0.29) is 0 Å². The molecule has 26 heavy (non-hydrogen) atoms. The zero-order chi connectivity index (χ0) is 21.8. The quantitative estimate of drug-likeness (QED) is 0.453. The van der Waals surface area contributed by atoms with Gasteiger partial charge in [-0.1, -0.05) is 0 Å². The average molecular weight is 448 g/mol. The third kappa shape index (κ3) is 3.51. The third-order valence-corrected chi connectivity index (χ3v) is 3.26. The molecule has 0 fully saturated rings. The molecule has 0 aromatic rings. The lowest BCUT2D eigenvalue weighted by atomic mass is 10.0. The van der Waals surface area contributed by atoms with Crippen molar-refractivity contribution in [1.29, 1.82) is 0 Å². The third-order valence-electron chi connectivity index (χ3n) is 2.37. The van der Waals surface area contributed by atoms with Crippen LogP contribution in [0.15, 0.2) is 0 Å². The number of halogens is 14. The van der Waals surface area contributed by atoms with E-state index in [9.17, 15) is 69.9 Å². The number of hydrogen-bond donors (Lipinski definition) is 1. The minimum absolute atomic E-state index is 1.28. The summed E-state index contributed by atoms with van der Waals surface area (Å²) in [4.78, 5) is 0. The first-order chi connectivity index (χ1) is 10.9.